The average molecular weight is 222 g/mol. The van der Waals surface area contributed by atoms with E-state index in [1.807, 2.05) is 18.2 Å². The summed E-state index contributed by atoms with van der Waals surface area (Å²) < 4.78 is 5.17. The van der Waals surface area contributed by atoms with Crippen molar-refractivity contribution in [1.29, 1.82) is 0 Å². The molecule has 0 bridgehead atoms. The molecule has 0 heterocycles. The lowest BCUT2D eigenvalue weighted by molar-refractivity contribution is 0.316. The van der Waals surface area contributed by atoms with Gasteiger partial charge in [-0.3, -0.25) is 0 Å². The minimum absolute atomic E-state index is 0.896. The second kappa shape index (κ2) is 7.12. The van der Waals surface area contributed by atoms with Gasteiger partial charge >= 0.3 is 0 Å². The van der Waals surface area contributed by atoms with Crippen LogP contribution in [0.2, 0.25) is 0 Å². The van der Waals surface area contributed by atoms with Gasteiger partial charge in [0, 0.05) is 24.8 Å². The van der Waals surface area contributed by atoms with Gasteiger partial charge in [-0.1, -0.05) is 19.9 Å². The maximum absolute atomic E-state index is 5.17. The fourth-order valence-electron chi connectivity index (χ4n) is 1.63. The molecule has 3 heteroatoms. The second-order valence-electron chi connectivity index (χ2n) is 3.69. The van der Waals surface area contributed by atoms with Crippen molar-refractivity contribution < 1.29 is 4.74 Å². The van der Waals surface area contributed by atoms with Gasteiger partial charge in [-0.2, -0.15) is 0 Å². The monoisotopic (exact) mass is 222 g/mol. The summed E-state index contributed by atoms with van der Waals surface area (Å²) in [6, 6.07) is 8.03. The molecule has 0 radical (unpaired) electrons. The van der Waals surface area contributed by atoms with Crippen LogP contribution in [-0.4, -0.2) is 38.2 Å². The van der Waals surface area contributed by atoms with Crippen LogP contribution < -0.4 is 10.1 Å². The first kappa shape index (κ1) is 12.8. The first-order valence-electron chi connectivity index (χ1n) is 5.90. The molecule has 0 aliphatic carbocycles. The van der Waals surface area contributed by atoms with Gasteiger partial charge in [0.1, 0.15) is 5.75 Å². The second-order valence-corrected chi connectivity index (χ2v) is 3.69. The van der Waals surface area contributed by atoms with Crippen molar-refractivity contribution in [1.82, 2.24) is 4.90 Å². The molecule has 0 aliphatic heterocycles. The molecule has 3 nitrogen and oxygen atoms in total. The van der Waals surface area contributed by atoms with Crippen LogP contribution in [0.5, 0.6) is 5.75 Å². The molecule has 16 heavy (non-hydrogen) atoms. The standard InChI is InChI=1S/C13H22N2O/c1-4-15(5-2)10-9-14-12-7-6-8-13(11-12)16-3/h6-8,11,14H,4-5,9-10H2,1-3H3. The summed E-state index contributed by atoms with van der Waals surface area (Å²) in [6.07, 6.45) is 0. The largest absolute Gasteiger partial charge is 0.497 e. The third kappa shape index (κ3) is 4.11. The predicted octanol–water partition coefficient (Wildman–Crippen LogP) is 2.45. The molecule has 1 aromatic rings. The third-order valence-corrected chi connectivity index (χ3v) is 2.72. The highest BCUT2D eigenvalue weighted by Crippen LogP contribution is 2.16. The lowest BCUT2D eigenvalue weighted by Gasteiger charge is -2.18. The van der Waals surface area contributed by atoms with Crippen LogP contribution in [0.4, 0.5) is 5.69 Å². The lowest BCUT2D eigenvalue weighted by Crippen LogP contribution is -2.28. The molecule has 0 spiro atoms. The fraction of sp³-hybridized carbons (Fsp3) is 0.538. The number of nitrogens with one attached hydrogen (secondary N) is 1. The van der Waals surface area contributed by atoms with E-state index in [4.69, 9.17) is 4.74 Å². The Hall–Kier alpha value is -1.22. The van der Waals surface area contributed by atoms with Crippen LogP contribution in [0.3, 0.4) is 0 Å². The number of nitrogens with zero attached hydrogens (tertiary/aromatic N) is 1. The number of likely N-dealkylation sites (N-methyl/N-ethyl adjacent to an activating group) is 1. The molecule has 0 saturated carbocycles. The molecule has 0 amide bonds. The van der Waals surface area contributed by atoms with Crippen LogP contribution in [0.15, 0.2) is 24.3 Å². The highest BCUT2D eigenvalue weighted by atomic mass is 16.5. The Morgan fingerprint density at radius 1 is 1.25 bits per heavy atom. The summed E-state index contributed by atoms with van der Waals surface area (Å²) in [6.45, 7) is 8.63. The number of anilines is 1. The van der Waals surface area contributed by atoms with Crippen molar-refractivity contribution in [2.75, 3.05) is 38.6 Å². The maximum atomic E-state index is 5.17. The van der Waals surface area contributed by atoms with E-state index in [1.165, 1.54) is 0 Å². The van der Waals surface area contributed by atoms with Crippen molar-refractivity contribution in [3.05, 3.63) is 24.3 Å². The van der Waals surface area contributed by atoms with Crippen molar-refractivity contribution in [2.45, 2.75) is 13.8 Å². The molecule has 90 valence electrons. The Bertz CT molecular complexity index is 298. The smallest absolute Gasteiger partial charge is 0.120 e. The first-order valence-corrected chi connectivity index (χ1v) is 5.90. The zero-order valence-electron chi connectivity index (χ0n) is 10.5. The highest BCUT2D eigenvalue weighted by Gasteiger charge is 1.98. The van der Waals surface area contributed by atoms with Crippen LogP contribution in [0.25, 0.3) is 0 Å². The summed E-state index contributed by atoms with van der Waals surface area (Å²) in [5, 5.41) is 3.40. The van der Waals surface area contributed by atoms with Gasteiger partial charge in [-0.05, 0) is 25.2 Å². The van der Waals surface area contributed by atoms with E-state index < -0.39 is 0 Å². The fourth-order valence-corrected chi connectivity index (χ4v) is 1.63. The van der Waals surface area contributed by atoms with E-state index in [0.717, 1.165) is 37.6 Å². The van der Waals surface area contributed by atoms with Gasteiger partial charge < -0.3 is 15.0 Å². The number of benzene rings is 1. The topological polar surface area (TPSA) is 24.5 Å². The number of hydrogen-bond acceptors (Lipinski definition) is 3. The van der Waals surface area contributed by atoms with Crippen molar-refractivity contribution in [2.24, 2.45) is 0 Å². The van der Waals surface area contributed by atoms with E-state index >= 15 is 0 Å². The van der Waals surface area contributed by atoms with Crippen LogP contribution >= 0.6 is 0 Å². The molecule has 0 aliphatic rings. The summed E-state index contributed by atoms with van der Waals surface area (Å²) in [7, 11) is 1.69. The van der Waals surface area contributed by atoms with E-state index in [9.17, 15) is 0 Å². The molecule has 0 saturated heterocycles. The molecular weight excluding hydrogens is 200 g/mol. The molecule has 0 fully saturated rings. The summed E-state index contributed by atoms with van der Waals surface area (Å²) in [4.78, 5) is 2.40. The number of methoxy groups -OCH3 is 1. The lowest BCUT2D eigenvalue weighted by atomic mass is 10.3. The SMILES string of the molecule is CCN(CC)CCNc1cccc(OC)c1. The number of ether oxygens (including phenoxy) is 1. The van der Waals surface area contributed by atoms with Crippen LogP contribution in [-0.2, 0) is 0 Å². The van der Waals surface area contributed by atoms with Gasteiger partial charge in [0.2, 0.25) is 0 Å². The Kier molecular flexibility index (Phi) is 5.72. The zero-order valence-corrected chi connectivity index (χ0v) is 10.5. The summed E-state index contributed by atoms with van der Waals surface area (Å²) in [5.41, 5.74) is 1.12. The minimum atomic E-state index is 0.896. The van der Waals surface area contributed by atoms with Crippen molar-refractivity contribution >= 4 is 5.69 Å². The molecule has 0 aromatic heterocycles. The summed E-state index contributed by atoms with van der Waals surface area (Å²) >= 11 is 0. The molecule has 0 unspecified atom stereocenters. The van der Waals surface area contributed by atoms with Crippen LogP contribution in [0, 0.1) is 0 Å². The van der Waals surface area contributed by atoms with Gasteiger partial charge in [0.15, 0.2) is 0 Å². The van der Waals surface area contributed by atoms with Crippen molar-refractivity contribution in [3.63, 3.8) is 0 Å². The van der Waals surface area contributed by atoms with E-state index in [0.29, 0.717) is 0 Å². The Labute approximate surface area is 98.4 Å². The maximum Gasteiger partial charge on any atom is 0.120 e. The van der Waals surface area contributed by atoms with E-state index in [1.54, 1.807) is 7.11 Å². The highest BCUT2D eigenvalue weighted by molar-refractivity contribution is 5.48. The Morgan fingerprint density at radius 2 is 2.00 bits per heavy atom. The average Bonchev–Trinajstić information content (AvgIpc) is 2.35. The molecular formula is C13H22N2O. The zero-order chi connectivity index (χ0) is 11.8. The first-order chi connectivity index (χ1) is 7.80. The van der Waals surface area contributed by atoms with Crippen LogP contribution in [0.1, 0.15) is 13.8 Å². The normalized spacial score (nSPS) is 10.5. The third-order valence-electron chi connectivity index (χ3n) is 2.72. The predicted molar refractivity (Wildman–Crippen MR) is 69.3 cm³/mol. The van der Waals surface area contributed by atoms with E-state index in [-0.39, 0.29) is 0 Å². The molecule has 1 N–H and O–H groups in total. The molecule has 1 rings (SSSR count). The van der Waals surface area contributed by atoms with Gasteiger partial charge in [0.25, 0.3) is 0 Å². The molecule has 0 atom stereocenters. The molecule has 1 aromatic carbocycles. The van der Waals surface area contributed by atoms with Gasteiger partial charge in [0.05, 0.1) is 7.11 Å². The van der Waals surface area contributed by atoms with Gasteiger partial charge in [-0.15, -0.1) is 0 Å². The number of rotatable bonds is 7. The Morgan fingerprint density at radius 3 is 2.62 bits per heavy atom. The van der Waals surface area contributed by atoms with Gasteiger partial charge in [-0.25, -0.2) is 0 Å². The number of hydrogen-bond donors (Lipinski definition) is 1. The Balaban J connectivity index is 2.36. The quantitative estimate of drug-likeness (QED) is 0.767. The summed E-state index contributed by atoms with van der Waals surface area (Å²) in [5.74, 6) is 0.896. The van der Waals surface area contributed by atoms with E-state index in [2.05, 4.69) is 30.1 Å². The van der Waals surface area contributed by atoms with Crippen molar-refractivity contribution in [3.8, 4) is 5.75 Å². The minimum Gasteiger partial charge on any atom is -0.497 e.